The predicted molar refractivity (Wildman–Crippen MR) is 90.5 cm³/mol. The Morgan fingerprint density at radius 3 is 2.43 bits per heavy atom. The topological polar surface area (TPSA) is 44.6 Å². The van der Waals surface area contributed by atoms with E-state index in [0.717, 1.165) is 57.8 Å². The third-order valence-electron chi connectivity index (χ3n) is 5.21. The minimum atomic E-state index is 0.104. The largest absolute Gasteiger partial charge is 0.335 e. The van der Waals surface area contributed by atoms with E-state index in [4.69, 9.17) is 0 Å². The molecule has 128 valence electrons. The van der Waals surface area contributed by atoms with Crippen LogP contribution in [-0.4, -0.2) is 76.2 Å². The molecule has 6 nitrogen and oxygen atoms in total. The van der Waals surface area contributed by atoms with E-state index < -0.39 is 0 Å². The van der Waals surface area contributed by atoms with Crippen LogP contribution in [-0.2, 0) is 13.1 Å². The van der Waals surface area contributed by atoms with Crippen molar-refractivity contribution in [2.75, 3.05) is 39.8 Å². The average Bonchev–Trinajstić information content (AvgIpc) is 2.71. The van der Waals surface area contributed by atoms with Gasteiger partial charge in [0.15, 0.2) is 5.69 Å². The summed E-state index contributed by atoms with van der Waals surface area (Å²) in [6.07, 6.45) is 1.09. The van der Waals surface area contributed by atoms with Gasteiger partial charge in [0.2, 0.25) is 0 Å². The molecule has 0 aromatic carbocycles. The van der Waals surface area contributed by atoms with Crippen molar-refractivity contribution < 1.29 is 4.79 Å². The van der Waals surface area contributed by atoms with Gasteiger partial charge in [-0.05, 0) is 34.2 Å². The third kappa shape index (κ3) is 3.28. The van der Waals surface area contributed by atoms with Gasteiger partial charge in [-0.25, -0.2) is 0 Å². The van der Waals surface area contributed by atoms with Crippen molar-refractivity contribution >= 4 is 5.91 Å². The summed E-state index contributed by atoms with van der Waals surface area (Å²) >= 11 is 0. The summed E-state index contributed by atoms with van der Waals surface area (Å²) in [5, 5.41) is 4.68. The van der Waals surface area contributed by atoms with Gasteiger partial charge in [0, 0.05) is 57.4 Å². The van der Waals surface area contributed by atoms with Crippen molar-refractivity contribution in [3.63, 3.8) is 0 Å². The van der Waals surface area contributed by atoms with Gasteiger partial charge >= 0.3 is 0 Å². The molecule has 0 spiro atoms. The molecule has 0 atom stereocenters. The molecule has 0 saturated carbocycles. The van der Waals surface area contributed by atoms with Crippen LogP contribution in [0.25, 0.3) is 0 Å². The standard InChI is InChI=1S/C17H29N5O/c1-13(2)21-6-5-7-22-15(12-21)14(3)16(18-22)17(23)20-10-8-19(4)9-11-20/h13H,5-12H2,1-4H3. The summed E-state index contributed by atoms with van der Waals surface area (Å²) < 4.78 is 2.07. The summed E-state index contributed by atoms with van der Waals surface area (Å²) in [4.78, 5) is 19.6. The van der Waals surface area contributed by atoms with E-state index >= 15 is 0 Å². The second-order valence-electron chi connectivity index (χ2n) is 7.16. The number of nitrogens with zero attached hydrogens (tertiary/aromatic N) is 5. The molecule has 3 rings (SSSR count). The Balaban J connectivity index is 1.82. The lowest BCUT2D eigenvalue weighted by Gasteiger charge is -2.32. The molecular formula is C17H29N5O. The molecule has 1 aromatic heterocycles. The average molecular weight is 319 g/mol. The number of amides is 1. The van der Waals surface area contributed by atoms with Crippen molar-refractivity contribution in [3.8, 4) is 0 Å². The van der Waals surface area contributed by atoms with Gasteiger partial charge in [-0.15, -0.1) is 0 Å². The first-order valence-corrected chi connectivity index (χ1v) is 8.75. The molecule has 0 N–H and O–H groups in total. The number of carbonyl (C=O) groups is 1. The van der Waals surface area contributed by atoms with E-state index in [0.29, 0.717) is 11.7 Å². The molecule has 23 heavy (non-hydrogen) atoms. The van der Waals surface area contributed by atoms with E-state index in [1.54, 1.807) is 0 Å². The minimum Gasteiger partial charge on any atom is -0.335 e. The Bertz CT molecular complexity index is 572. The van der Waals surface area contributed by atoms with Crippen LogP contribution in [0.4, 0.5) is 0 Å². The Labute approximate surface area is 139 Å². The van der Waals surface area contributed by atoms with Crippen molar-refractivity contribution in [3.05, 3.63) is 17.0 Å². The van der Waals surface area contributed by atoms with E-state index in [1.165, 1.54) is 5.69 Å². The molecule has 0 bridgehead atoms. The lowest BCUT2D eigenvalue weighted by Crippen LogP contribution is -2.47. The fourth-order valence-corrected chi connectivity index (χ4v) is 3.47. The molecule has 2 aliphatic rings. The first kappa shape index (κ1) is 16.5. The molecule has 1 fully saturated rings. The second kappa shape index (κ2) is 6.61. The lowest BCUT2D eigenvalue weighted by molar-refractivity contribution is 0.0656. The zero-order chi connectivity index (χ0) is 16.6. The number of likely N-dealkylation sites (N-methyl/N-ethyl adjacent to an activating group) is 1. The number of aryl methyl sites for hydroxylation is 1. The van der Waals surface area contributed by atoms with Crippen molar-refractivity contribution in [1.29, 1.82) is 0 Å². The Kier molecular flexibility index (Phi) is 4.73. The number of rotatable bonds is 2. The number of hydrogen-bond acceptors (Lipinski definition) is 4. The molecular weight excluding hydrogens is 290 g/mol. The molecule has 1 amide bonds. The minimum absolute atomic E-state index is 0.104. The summed E-state index contributed by atoms with van der Waals surface area (Å²) in [7, 11) is 2.10. The molecule has 0 aliphatic carbocycles. The monoisotopic (exact) mass is 319 g/mol. The van der Waals surface area contributed by atoms with Crippen molar-refractivity contribution in [2.45, 2.75) is 46.3 Å². The zero-order valence-corrected chi connectivity index (χ0v) is 14.9. The van der Waals surface area contributed by atoms with E-state index in [9.17, 15) is 4.79 Å². The number of hydrogen-bond donors (Lipinski definition) is 0. The maximum atomic E-state index is 12.9. The summed E-state index contributed by atoms with van der Waals surface area (Å²) in [5.74, 6) is 0.104. The maximum absolute atomic E-state index is 12.9. The second-order valence-corrected chi connectivity index (χ2v) is 7.16. The molecule has 6 heteroatoms. The van der Waals surface area contributed by atoms with Crippen LogP contribution in [0.1, 0.15) is 42.0 Å². The molecule has 3 heterocycles. The van der Waals surface area contributed by atoms with Crippen molar-refractivity contribution in [1.82, 2.24) is 24.5 Å². The highest BCUT2D eigenvalue weighted by atomic mass is 16.2. The highest BCUT2D eigenvalue weighted by molar-refractivity contribution is 5.94. The highest BCUT2D eigenvalue weighted by Gasteiger charge is 2.28. The normalized spacial score (nSPS) is 20.7. The zero-order valence-electron chi connectivity index (χ0n) is 14.9. The maximum Gasteiger partial charge on any atom is 0.274 e. The Morgan fingerprint density at radius 1 is 1.09 bits per heavy atom. The quantitative estimate of drug-likeness (QED) is 0.821. The SMILES string of the molecule is Cc1c(C(=O)N2CCN(C)CC2)nn2c1CN(C(C)C)CCC2. The smallest absolute Gasteiger partial charge is 0.274 e. The summed E-state index contributed by atoms with van der Waals surface area (Å²) in [5.41, 5.74) is 2.95. The predicted octanol–water partition coefficient (Wildman–Crippen LogP) is 1.19. The Hall–Kier alpha value is -1.40. The third-order valence-corrected chi connectivity index (χ3v) is 5.21. The van der Waals surface area contributed by atoms with Crippen LogP contribution in [0, 0.1) is 6.92 Å². The summed E-state index contributed by atoms with van der Waals surface area (Å²) in [6.45, 7) is 12.9. The van der Waals surface area contributed by atoms with Crippen LogP contribution in [0.2, 0.25) is 0 Å². The molecule has 2 aliphatic heterocycles. The molecule has 0 radical (unpaired) electrons. The number of fused-ring (bicyclic) bond motifs is 1. The van der Waals surface area contributed by atoms with Gasteiger partial charge in [0.1, 0.15) is 0 Å². The van der Waals surface area contributed by atoms with Crippen LogP contribution >= 0.6 is 0 Å². The first-order chi connectivity index (χ1) is 11.0. The van der Waals surface area contributed by atoms with Gasteiger partial charge in [-0.1, -0.05) is 0 Å². The molecule has 1 saturated heterocycles. The fraction of sp³-hybridized carbons (Fsp3) is 0.765. The van der Waals surface area contributed by atoms with Gasteiger partial charge in [0.05, 0.1) is 5.69 Å². The first-order valence-electron chi connectivity index (χ1n) is 8.75. The van der Waals surface area contributed by atoms with Gasteiger partial charge < -0.3 is 9.80 Å². The van der Waals surface area contributed by atoms with Crippen LogP contribution in [0.5, 0.6) is 0 Å². The lowest BCUT2D eigenvalue weighted by atomic mass is 10.1. The fourth-order valence-electron chi connectivity index (χ4n) is 3.47. The van der Waals surface area contributed by atoms with Gasteiger partial charge in [-0.3, -0.25) is 14.4 Å². The molecule has 0 unspecified atom stereocenters. The summed E-state index contributed by atoms with van der Waals surface area (Å²) in [6, 6.07) is 0.521. The number of carbonyl (C=O) groups excluding carboxylic acids is 1. The molecule has 1 aromatic rings. The van der Waals surface area contributed by atoms with E-state index in [1.807, 2.05) is 4.90 Å². The number of piperazine rings is 1. The van der Waals surface area contributed by atoms with E-state index in [2.05, 4.69) is 47.4 Å². The van der Waals surface area contributed by atoms with Gasteiger partial charge in [0.25, 0.3) is 5.91 Å². The number of aromatic nitrogens is 2. The highest BCUT2D eigenvalue weighted by Crippen LogP contribution is 2.22. The van der Waals surface area contributed by atoms with Crippen LogP contribution in [0.15, 0.2) is 0 Å². The Morgan fingerprint density at radius 2 is 1.78 bits per heavy atom. The van der Waals surface area contributed by atoms with Crippen molar-refractivity contribution in [2.24, 2.45) is 0 Å². The van der Waals surface area contributed by atoms with Gasteiger partial charge in [-0.2, -0.15) is 5.10 Å². The van der Waals surface area contributed by atoms with Crippen LogP contribution in [0.3, 0.4) is 0 Å². The van der Waals surface area contributed by atoms with Crippen LogP contribution < -0.4 is 0 Å². The van der Waals surface area contributed by atoms with E-state index in [-0.39, 0.29) is 5.91 Å².